The van der Waals surface area contributed by atoms with Crippen LogP contribution < -0.4 is 20.3 Å². The van der Waals surface area contributed by atoms with Crippen molar-refractivity contribution in [3.8, 4) is 11.5 Å². The summed E-state index contributed by atoms with van der Waals surface area (Å²) in [4.78, 5) is 14.7. The van der Waals surface area contributed by atoms with Crippen LogP contribution in [0.3, 0.4) is 0 Å². The number of carbonyl (C=O) groups is 1. The van der Waals surface area contributed by atoms with Crippen molar-refractivity contribution in [1.82, 2.24) is 15.5 Å². The third-order valence-electron chi connectivity index (χ3n) is 4.92. The number of nitrogens with one attached hydrogen (secondary N) is 2. The van der Waals surface area contributed by atoms with Crippen LogP contribution in [0, 0.1) is 0 Å². The predicted molar refractivity (Wildman–Crippen MR) is 117 cm³/mol. The van der Waals surface area contributed by atoms with Gasteiger partial charge in [0, 0.05) is 37.8 Å². The molecule has 154 valence electrons. The van der Waals surface area contributed by atoms with Crippen LogP contribution in [-0.4, -0.2) is 42.3 Å². The number of rotatable bonds is 8. The molecule has 0 atom stereocenters. The largest absolute Gasteiger partial charge is 0.457 e. The number of benzene rings is 2. The number of para-hydroxylation sites is 1. The molecular weight excluding hydrogens is 378 g/mol. The van der Waals surface area contributed by atoms with E-state index in [1.807, 2.05) is 36.4 Å². The minimum absolute atomic E-state index is 0.125. The molecule has 30 heavy (non-hydrogen) atoms. The second kappa shape index (κ2) is 9.73. The zero-order valence-corrected chi connectivity index (χ0v) is 16.8. The number of amides is 1. The molecule has 2 aromatic carbocycles. The van der Waals surface area contributed by atoms with Gasteiger partial charge in [-0.2, -0.15) is 5.10 Å². The van der Waals surface area contributed by atoms with E-state index >= 15 is 0 Å². The molecule has 7 nitrogen and oxygen atoms in total. The molecule has 1 saturated heterocycles. The van der Waals surface area contributed by atoms with Gasteiger partial charge in [-0.05, 0) is 49.2 Å². The van der Waals surface area contributed by atoms with E-state index in [2.05, 4.69) is 25.7 Å². The van der Waals surface area contributed by atoms with Gasteiger partial charge in [0.25, 0.3) is 5.91 Å². The van der Waals surface area contributed by atoms with Crippen molar-refractivity contribution in [2.75, 3.05) is 36.4 Å². The van der Waals surface area contributed by atoms with Crippen LogP contribution in [0.25, 0.3) is 0 Å². The summed E-state index contributed by atoms with van der Waals surface area (Å²) in [6.45, 7) is 3.18. The van der Waals surface area contributed by atoms with Crippen molar-refractivity contribution >= 4 is 17.4 Å². The van der Waals surface area contributed by atoms with E-state index in [1.165, 1.54) is 12.8 Å². The average molecular weight is 403 g/mol. The Kier molecular flexibility index (Phi) is 6.39. The molecule has 7 heteroatoms. The van der Waals surface area contributed by atoms with Gasteiger partial charge in [-0.3, -0.25) is 4.79 Å². The van der Waals surface area contributed by atoms with E-state index in [9.17, 15) is 4.79 Å². The lowest BCUT2D eigenvalue weighted by molar-refractivity contribution is 0.0955. The Labute approximate surface area is 176 Å². The third kappa shape index (κ3) is 5.26. The van der Waals surface area contributed by atoms with E-state index in [4.69, 9.17) is 4.74 Å². The van der Waals surface area contributed by atoms with Gasteiger partial charge in [0.1, 0.15) is 11.5 Å². The summed E-state index contributed by atoms with van der Waals surface area (Å²) in [5, 5.41) is 14.3. The van der Waals surface area contributed by atoms with Gasteiger partial charge < -0.3 is 20.3 Å². The van der Waals surface area contributed by atoms with Crippen molar-refractivity contribution in [2.45, 2.75) is 12.8 Å². The summed E-state index contributed by atoms with van der Waals surface area (Å²) in [5.74, 6) is 2.05. The smallest absolute Gasteiger partial charge is 0.251 e. The first-order chi connectivity index (χ1) is 14.8. The number of carbonyl (C=O) groups excluding carboxylic acids is 1. The second-order valence-electron chi connectivity index (χ2n) is 7.12. The van der Waals surface area contributed by atoms with Crippen LogP contribution in [0.2, 0.25) is 0 Å². The van der Waals surface area contributed by atoms with Gasteiger partial charge in [0.2, 0.25) is 0 Å². The summed E-state index contributed by atoms with van der Waals surface area (Å²) in [6, 6.07) is 18.6. The molecule has 1 aromatic heterocycles. The molecule has 2 N–H and O–H groups in total. The van der Waals surface area contributed by atoms with Gasteiger partial charge in [0.05, 0.1) is 11.9 Å². The normalized spacial score (nSPS) is 13.1. The van der Waals surface area contributed by atoms with E-state index in [-0.39, 0.29) is 5.91 Å². The molecule has 0 saturated carbocycles. The van der Waals surface area contributed by atoms with Gasteiger partial charge >= 0.3 is 0 Å². The van der Waals surface area contributed by atoms with Gasteiger partial charge in [0.15, 0.2) is 5.82 Å². The van der Waals surface area contributed by atoms with E-state index in [0.29, 0.717) is 24.4 Å². The lowest BCUT2D eigenvalue weighted by Gasteiger charge is -2.17. The highest BCUT2D eigenvalue weighted by Crippen LogP contribution is 2.22. The van der Waals surface area contributed by atoms with Gasteiger partial charge in [-0.15, -0.1) is 5.10 Å². The van der Waals surface area contributed by atoms with Crippen LogP contribution in [0.5, 0.6) is 11.5 Å². The average Bonchev–Trinajstić information content (AvgIpc) is 3.33. The highest BCUT2D eigenvalue weighted by Gasteiger charge is 2.13. The Hall–Kier alpha value is -3.61. The van der Waals surface area contributed by atoms with Crippen molar-refractivity contribution in [2.24, 2.45) is 0 Å². The maximum atomic E-state index is 12.3. The van der Waals surface area contributed by atoms with Crippen LogP contribution >= 0.6 is 0 Å². The van der Waals surface area contributed by atoms with E-state index < -0.39 is 0 Å². The molecular formula is C23H25N5O2. The van der Waals surface area contributed by atoms with Crippen LogP contribution in [0.4, 0.5) is 11.5 Å². The Morgan fingerprint density at radius 1 is 0.967 bits per heavy atom. The summed E-state index contributed by atoms with van der Waals surface area (Å²) in [5.41, 5.74) is 1.68. The van der Waals surface area contributed by atoms with Crippen molar-refractivity contribution in [1.29, 1.82) is 0 Å². The lowest BCUT2D eigenvalue weighted by atomic mass is 10.2. The van der Waals surface area contributed by atoms with E-state index in [1.54, 1.807) is 30.5 Å². The topological polar surface area (TPSA) is 79.4 Å². The molecule has 1 amide bonds. The Morgan fingerprint density at radius 2 is 1.70 bits per heavy atom. The maximum Gasteiger partial charge on any atom is 0.251 e. The Bertz CT molecular complexity index is 957. The summed E-state index contributed by atoms with van der Waals surface area (Å²) in [7, 11) is 0. The Balaban J connectivity index is 1.22. The van der Waals surface area contributed by atoms with E-state index in [0.717, 1.165) is 30.3 Å². The fourth-order valence-corrected chi connectivity index (χ4v) is 3.36. The first-order valence-electron chi connectivity index (χ1n) is 10.2. The van der Waals surface area contributed by atoms with Crippen molar-refractivity contribution < 1.29 is 9.53 Å². The van der Waals surface area contributed by atoms with Gasteiger partial charge in [-0.1, -0.05) is 18.2 Å². The standard InChI is InChI=1S/C23H25N5O2/c29-23(18-8-10-21(11-9-18)30-20-6-2-1-3-7-20)25-13-12-24-22-16-19(17-26-27-22)28-14-4-5-15-28/h1-3,6-11,16-17H,4-5,12-15H2,(H,24,27)(H,25,29). The molecule has 1 fully saturated rings. The monoisotopic (exact) mass is 403 g/mol. The third-order valence-corrected chi connectivity index (χ3v) is 4.92. The minimum Gasteiger partial charge on any atom is -0.457 e. The fraction of sp³-hybridized carbons (Fsp3) is 0.261. The molecule has 4 rings (SSSR count). The molecule has 2 heterocycles. The van der Waals surface area contributed by atoms with Crippen LogP contribution in [-0.2, 0) is 0 Å². The highest BCUT2D eigenvalue weighted by molar-refractivity contribution is 5.94. The first kappa shape index (κ1) is 19.7. The number of aromatic nitrogens is 2. The minimum atomic E-state index is -0.125. The zero-order valence-electron chi connectivity index (χ0n) is 16.8. The molecule has 0 radical (unpaired) electrons. The maximum absolute atomic E-state index is 12.3. The number of nitrogens with zero attached hydrogens (tertiary/aromatic N) is 3. The van der Waals surface area contributed by atoms with Crippen LogP contribution in [0.15, 0.2) is 66.9 Å². The Morgan fingerprint density at radius 3 is 2.47 bits per heavy atom. The van der Waals surface area contributed by atoms with Crippen LogP contribution in [0.1, 0.15) is 23.2 Å². The number of ether oxygens (including phenoxy) is 1. The fourth-order valence-electron chi connectivity index (χ4n) is 3.36. The molecule has 0 spiro atoms. The predicted octanol–water partition coefficient (Wildman–Crippen LogP) is 3.71. The second-order valence-corrected chi connectivity index (χ2v) is 7.12. The number of hydrogen-bond acceptors (Lipinski definition) is 6. The molecule has 3 aromatic rings. The summed E-state index contributed by atoms with van der Waals surface area (Å²) < 4.78 is 5.75. The van der Waals surface area contributed by atoms with Gasteiger partial charge in [-0.25, -0.2) is 0 Å². The highest BCUT2D eigenvalue weighted by atomic mass is 16.5. The zero-order chi connectivity index (χ0) is 20.6. The molecule has 0 aliphatic carbocycles. The van der Waals surface area contributed by atoms with Crippen molar-refractivity contribution in [3.05, 3.63) is 72.4 Å². The molecule has 1 aliphatic heterocycles. The first-order valence-corrected chi connectivity index (χ1v) is 10.2. The SMILES string of the molecule is O=C(NCCNc1cc(N2CCCC2)cnn1)c1ccc(Oc2ccccc2)cc1. The number of anilines is 2. The summed E-state index contributed by atoms with van der Waals surface area (Å²) >= 11 is 0. The quantitative estimate of drug-likeness (QED) is 0.558. The van der Waals surface area contributed by atoms with Crippen molar-refractivity contribution in [3.63, 3.8) is 0 Å². The lowest BCUT2D eigenvalue weighted by Crippen LogP contribution is -2.29. The molecule has 0 unspecified atom stereocenters. The number of hydrogen-bond donors (Lipinski definition) is 2. The summed E-state index contributed by atoms with van der Waals surface area (Å²) in [6.07, 6.45) is 4.23. The molecule has 0 bridgehead atoms. The molecule has 1 aliphatic rings.